The molecule has 0 bridgehead atoms. The van der Waals surface area contributed by atoms with Crippen molar-refractivity contribution in [3.05, 3.63) is 65.0 Å². The van der Waals surface area contributed by atoms with Crippen LogP contribution in [0.3, 0.4) is 0 Å². The largest absolute Gasteiger partial charge is 0.339 e. The summed E-state index contributed by atoms with van der Waals surface area (Å²) in [4.78, 5) is 18.4. The van der Waals surface area contributed by atoms with Crippen LogP contribution >= 0.6 is 11.6 Å². The summed E-state index contributed by atoms with van der Waals surface area (Å²) in [6.45, 7) is 0.913. The number of nitrogens with one attached hydrogen (secondary N) is 1. The molecule has 29 heavy (non-hydrogen) atoms. The van der Waals surface area contributed by atoms with Gasteiger partial charge in [0.05, 0.1) is 5.69 Å². The van der Waals surface area contributed by atoms with Gasteiger partial charge in [0.15, 0.2) is 0 Å². The van der Waals surface area contributed by atoms with Crippen molar-refractivity contribution in [2.45, 2.75) is 18.8 Å². The number of carbonyl (C=O) groups excluding carboxylic acids is 1. The number of urea groups is 1. The number of amides is 2. The van der Waals surface area contributed by atoms with Crippen molar-refractivity contribution in [2.24, 2.45) is 0 Å². The van der Waals surface area contributed by atoms with E-state index in [2.05, 4.69) is 15.5 Å². The Labute approximate surface area is 170 Å². The predicted molar refractivity (Wildman–Crippen MR) is 104 cm³/mol. The van der Waals surface area contributed by atoms with E-state index in [-0.39, 0.29) is 11.6 Å². The molecule has 1 aliphatic rings. The molecule has 2 aromatic carbocycles. The molecule has 2 amide bonds. The van der Waals surface area contributed by atoms with Gasteiger partial charge in [0.1, 0.15) is 11.6 Å². The molecule has 0 radical (unpaired) electrons. The molecule has 3 aromatic rings. The monoisotopic (exact) mass is 418 g/mol. The second kappa shape index (κ2) is 8.16. The zero-order chi connectivity index (χ0) is 20.4. The lowest BCUT2D eigenvalue weighted by Crippen LogP contribution is -2.40. The summed E-state index contributed by atoms with van der Waals surface area (Å²) in [6, 6.07) is 9.75. The van der Waals surface area contributed by atoms with Crippen molar-refractivity contribution >= 4 is 23.3 Å². The highest BCUT2D eigenvalue weighted by atomic mass is 35.5. The van der Waals surface area contributed by atoms with Crippen LogP contribution in [0.1, 0.15) is 24.7 Å². The third-order valence-corrected chi connectivity index (χ3v) is 5.10. The minimum absolute atomic E-state index is 0.0372. The van der Waals surface area contributed by atoms with Gasteiger partial charge in [-0.05, 0) is 49.2 Å². The predicted octanol–water partition coefficient (Wildman–Crippen LogP) is 5.08. The minimum atomic E-state index is -0.811. The van der Waals surface area contributed by atoms with E-state index < -0.39 is 17.7 Å². The van der Waals surface area contributed by atoms with Crippen LogP contribution in [0.2, 0.25) is 5.02 Å². The summed E-state index contributed by atoms with van der Waals surface area (Å²) < 4.78 is 32.1. The van der Waals surface area contributed by atoms with Crippen LogP contribution in [0, 0.1) is 11.6 Å². The van der Waals surface area contributed by atoms with Gasteiger partial charge in [-0.25, -0.2) is 13.6 Å². The lowest BCUT2D eigenvalue weighted by molar-refractivity contribution is 0.187. The van der Waals surface area contributed by atoms with Crippen molar-refractivity contribution in [1.82, 2.24) is 15.0 Å². The van der Waals surface area contributed by atoms with Crippen molar-refractivity contribution in [3.63, 3.8) is 0 Å². The zero-order valence-electron chi connectivity index (χ0n) is 15.2. The maximum atomic E-state index is 13.7. The first-order valence-corrected chi connectivity index (χ1v) is 9.48. The molecule has 1 aromatic heterocycles. The van der Waals surface area contributed by atoms with Crippen LogP contribution in [0.4, 0.5) is 19.3 Å². The molecule has 0 saturated carbocycles. The molecule has 1 N–H and O–H groups in total. The molecule has 6 nitrogen and oxygen atoms in total. The Hall–Kier alpha value is -3.00. The number of piperidine rings is 1. The van der Waals surface area contributed by atoms with Gasteiger partial charge >= 0.3 is 6.03 Å². The van der Waals surface area contributed by atoms with Gasteiger partial charge in [0.2, 0.25) is 11.7 Å². The van der Waals surface area contributed by atoms with Crippen LogP contribution in [-0.4, -0.2) is 34.2 Å². The van der Waals surface area contributed by atoms with E-state index >= 15 is 0 Å². The zero-order valence-corrected chi connectivity index (χ0v) is 16.0. The summed E-state index contributed by atoms with van der Waals surface area (Å²) in [7, 11) is 0. The molecule has 1 fully saturated rings. The van der Waals surface area contributed by atoms with E-state index in [1.54, 1.807) is 17.0 Å². The Morgan fingerprint density at radius 1 is 1.14 bits per heavy atom. The summed E-state index contributed by atoms with van der Waals surface area (Å²) in [5, 5.41) is 7.13. The Bertz CT molecular complexity index is 1020. The molecular formula is C20H17ClF2N4O2. The molecular weight excluding hydrogens is 402 g/mol. The number of aromatic nitrogens is 2. The SMILES string of the molecule is O=C(Nc1ccc(F)cc1F)N1CCC(c2nc(-c3ccc(Cl)cc3)no2)CC1. The van der Waals surface area contributed by atoms with Crippen LogP contribution in [-0.2, 0) is 0 Å². The second-order valence-corrected chi connectivity index (χ2v) is 7.22. The van der Waals surface area contributed by atoms with Gasteiger partial charge < -0.3 is 14.7 Å². The lowest BCUT2D eigenvalue weighted by Gasteiger charge is -2.30. The smallest absolute Gasteiger partial charge is 0.321 e. The molecule has 4 rings (SSSR count). The fourth-order valence-electron chi connectivity index (χ4n) is 3.23. The Kier molecular flexibility index (Phi) is 5.44. The number of likely N-dealkylation sites (tertiary alicyclic amines) is 1. The van der Waals surface area contributed by atoms with Gasteiger partial charge in [-0.15, -0.1) is 0 Å². The summed E-state index contributed by atoms with van der Waals surface area (Å²) in [5.74, 6) is -0.453. The number of halogens is 3. The number of anilines is 1. The highest BCUT2D eigenvalue weighted by Gasteiger charge is 2.28. The fraction of sp³-hybridized carbons (Fsp3) is 0.250. The second-order valence-electron chi connectivity index (χ2n) is 6.78. The van der Waals surface area contributed by atoms with Gasteiger partial charge in [0, 0.05) is 35.7 Å². The lowest BCUT2D eigenvalue weighted by atomic mass is 9.97. The van der Waals surface area contributed by atoms with Gasteiger partial charge in [-0.1, -0.05) is 16.8 Å². The summed E-state index contributed by atoms with van der Waals surface area (Å²) in [6.07, 6.45) is 1.28. The van der Waals surface area contributed by atoms with Crippen molar-refractivity contribution in [2.75, 3.05) is 18.4 Å². The standard InChI is InChI=1S/C20H17ClF2N4O2/c21-14-3-1-12(2-4-14)18-25-19(29-26-18)13-7-9-27(10-8-13)20(28)24-17-6-5-15(22)11-16(17)23/h1-6,11,13H,7-10H2,(H,24,28). The van der Waals surface area contributed by atoms with Crippen LogP contribution in [0.15, 0.2) is 47.0 Å². The van der Waals surface area contributed by atoms with E-state index in [0.29, 0.717) is 42.7 Å². The Balaban J connectivity index is 1.35. The quantitative estimate of drug-likeness (QED) is 0.643. The first-order valence-electron chi connectivity index (χ1n) is 9.10. The summed E-state index contributed by atoms with van der Waals surface area (Å²) in [5.41, 5.74) is 0.755. The molecule has 1 aliphatic heterocycles. The average molecular weight is 419 g/mol. The molecule has 150 valence electrons. The number of hydrogen-bond acceptors (Lipinski definition) is 4. The number of rotatable bonds is 3. The normalized spacial score (nSPS) is 14.8. The van der Waals surface area contributed by atoms with Crippen LogP contribution in [0.25, 0.3) is 11.4 Å². The first-order chi connectivity index (χ1) is 14.0. The number of carbonyl (C=O) groups is 1. The summed E-state index contributed by atoms with van der Waals surface area (Å²) >= 11 is 5.89. The molecule has 0 unspecified atom stereocenters. The molecule has 9 heteroatoms. The fourth-order valence-corrected chi connectivity index (χ4v) is 3.36. The van der Waals surface area contributed by atoms with E-state index in [4.69, 9.17) is 16.1 Å². The van der Waals surface area contributed by atoms with E-state index in [9.17, 15) is 13.6 Å². The minimum Gasteiger partial charge on any atom is -0.339 e. The van der Waals surface area contributed by atoms with Crippen molar-refractivity contribution in [3.8, 4) is 11.4 Å². The van der Waals surface area contributed by atoms with E-state index in [1.165, 1.54) is 6.07 Å². The van der Waals surface area contributed by atoms with Crippen molar-refractivity contribution < 1.29 is 18.1 Å². The number of benzene rings is 2. The molecule has 2 heterocycles. The molecule has 0 atom stereocenters. The van der Waals surface area contributed by atoms with Gasteiger partial charge in [-0.2, -0.15) is 4.98 Å². The molecule has 0 aliphatic carbocycles. The molecule has 1 saturated heterocycles. The number of nitrogens with zero attached hydrogens (tertiary/aromatic N) is 3. The Morgan fingerprint density at radius 2 is 1.86 bits per heavy atom. The maximum absolute atomic E-state index is 13.7. The highest BCUT2D eigenvalue weighted by molar-refractivity contribution is 6.30. The van der Waals surface area contributed by atoms with Gasteiger partial charge in [0.25, 0.3) is 0 Å². The Morgan fingerprint density at radius 3 is 2.55 bits per heavy atom. The average Bonchev–Trinajstić information content (AvgIpc) is 3.21. The third-order valence-electron chi connectivity index (χ3n) is 4.85. The van der Waals surface area contributed by atoms with E-state index in [1.807, 2.05) is 12.1 Å². The molecule has 0 spiro atoms. The number of hydrogen-bond donors (Lipinski definition) is 1. The van der Waals surface area contributed by atoms with E-state index in [0.717, 1.165) is 17.7 Å². The highest BCUT2D eigenvalue weighted by Crippen LogP contribution is 2.29. The van der Waals surface area contributed by atoms with Crippen LogP contribution < -0.4 is 5.32 Å². The van der Waals surface area contributed by atoms with Crippen molar-refractivity contribution in [1.29, 1.82) is 0 Å². The topological polar surface area (TPSA) is 71.3 Å². The first kappa shape index (κ1) is 19.3. The maximum Gasteiger partial charge on any atom is 0.321 e. The van der Waals surface area contributed by atoms with Gasteiger partial charge in [-0.3, -0.25) is 0 Å². The third kappa shape index (κ3) is 4.37. The van der Waals surface area contributed by atoms with Crippen LogP contribution in [0.5, 0.6) is 0 Å².